The van der Waals surface area contributed by atoms with Crippen LogP contribution in [0.15, 0.2) is 24.3 Å². The van der Waals surface area contributed by atoms with Crippen LogP contribution < -0.4 is 0 Å². The van der Waals surface area contributed by atoms with Crippen LogP contribution >= 0.6 is 0 Å². The molecule has 72 valence electrons. The fourth-order valence-corrected chi connectivity index (χ4v) is 0.986. The molecule has 1 aliphatic rings. The van der Waals surface area contributed by atoms with Crippen molar-refractivity contribution in [1.29, 1.82) is 0 Å². The second-order valence-electron chi connectivity index (χ2n) is 2.80. The molecular formula is C10H13FO2. The zero-order chi connectivity index (χ0) is 9.52. The van der Waals surface area contributed by atoms with E-state index in [4.69, 9.17) is 9.84 Å². The zero-order valence-electron chi connectivity index (χ0n) is 7.37. The predicted octanol–water partition coefficient (Wildman–Crippen LogP) is 2.33. The second kappa shape index (κ2) is 5.54. The molecule has 0 saturated carbocycles. The van der Waals surface area contributed by atoms with Crippen LogP contribution in [0.4, 0.5) is 4.39 Å². The number of halogens is 1. The zero-order valence-corrected chi connectivity index (χ0v) is 7.37. The molecule has 3 heteroatoms. The van der Waals surface area contributed by atoms with Crippen molar-refractivity contribution in [2.24, 2.45) is 0 Å². The first-order valence-corrected chi connectivity index (χ1v) is 4.31. The van der Waals surface area contributed by atoms with Gasteiger partial charge in [-0.2, -0.15) is 0 Å². The maximum absolute atomic E-state index is 12.0. The third-order valence-corrected chi connectivity index (χ3v) is 1.64. The largest absolute Gasteiger partial charge is 0.508 e. The summed E-state index contributed by atoms with van der Waals surface area (Å²) in [5.74, 6) is -0.449. The van der Waals surface area contributed by atoms with Crippen molar-refractivity contribution in [3.8, 4) is 5.75 Å². The molecule has 0 bridgehead atoms. The fraction of sp³-hybridized carbons (Fsp3) is 0.400. The third-order valence-electron chi connectivity index (χ3n) is 1.64. The monoisotopic (exact) mass is 184 g/mol. The quantitative estimate of drug-likeness (QED) is 0.670. The van der Waals surface area contributed by atoms with Crippen LogP contribution in [0.3, 0.4) is 0 Å². The lowest BCUT2D eigenvalue weighted by Gasteiger charge is -1.86. The Bertz CT molecular complexity index is 222. The highest BCUT2D eigenvalue weighted by molar-refractivity contribution is 5.20. The number of rotatable bonds is 0. The van der Waals surface area contributed by atoms with Gasteiger partial charge in [0.25, 0.3) is 0 Å². The van der Waals surface area contributed by atoms with Crippen LogP contribution in [-0.2, 0) is 4.74 Å². The van der Waals surface area contributed by atoms with E-state index < -0.39 is 5.82 Å². The van der Waals surface area contributed by atoms with Gasteiger partial charge in [-0.15, -0.1) is 0 Å². The first-order valence-electron chi connectivity index (χ1n) is 4.31. The normalized spacial score (nSPS) is 14.8. The maximum Gasteiger partial charge on any atom is 0.126 e. The topological polar surface area (TPSA) is 29.5 Å². The fourth-order valence-electron chi connectivity index (χ4n) is 0.986. The van der Waals surface area contributed by atoms with E-state index >= 15 is 0 Å². The van der Waals surface area contributed by atoms with Gasteiger partial charge in [-0.1, -0.05) is 6.07 Å². The molecule has 0 spiro atoms. The summed E-state index contributed by atoms with van der Waals surface area (Å²) in [5, 5.41) is 8.57. The molecule has 0 amide bonds. The van der Waals surface area contributed by atoms with E-state index in [2.05, 4.69) is 0 Å². The van der Waals surface area contributed by atoms with Crippen LogP contribution in [0, 0.1) is 5.82 Å². The van der Waals surface area contributed by atoms with Crippen molar-refractivity contribution in [1.82, 2.24) is 0 Å². The SMILES string of the molecule is C1CCOC1.Oc1cccc(F)c1. The van der Waals surface area contributed by atoms with Crippen molar-refractivity contribution in [2.75, 3.05) is 13.2 Å². The molecule has 1 aromatic rings. The van der Waals surface area contributed by atoms with Crippen molar-refractivity contribution < 1.29 is 14.2 Å². The number of hydrogen-bond donors (Lipinski definition) is 1. The van der Waals surface area contributed by atoms with Gasteiger partial charge >= 0.3 is 0 Å². The van der Waals surface area contributed by atoms with Crippen molar-refractivity contribution in [2.45, 2.75) is 12.8 Å². The summed E-state index contributed by atoms with van der Waals surface area (Å²) in [6, 6.07) is 5.20. The molecule has 1 saturated heterocycles. The lowest BCUT2D eigenvalue weighted by atomic mass is 10.3. The number of hydrogen-bond acceptors (Lipinski definition) is 2. The molecule has 0 radical (unpaired) electrons. The highest BCUT2D eigenvalue weighted by Gasteiger charge is 1.94. The summed E-state index contributed by atoms with van der Waals surface area (Å²) in [4.78, 5) is 0. The minimum Gasteiger partial charge on any atom is -0.508 e. The molecule has 1 aromatic carbocycles. The molecule has 13 heavy (non-hydrogen) atoms. The Labute approximate surface area is 77.0 Å². The van der Waals surface area contributed by atoms with Gasteiger partial charge in [0.05, 0.1) is 0 Å². The number of aromatic hydroxyl groups is 1. The van der Waals surface area contributed by atoms with E-state index in [0.29, 0.717) is 0 Å². The van der Waals surface area contributed by atoms with Crippen LogP contribution in [-0.4, -0.2) is 18.3 Å². The lowest BCUT2D eigenvalue weighted by Crippen LogP contribution is -1.74. The van der Waals surface area contributed by atoms with E-state index in [-0.39, 0.29) is 5.75 Å². The van der Waals surface area contributed by atoms with Crippen LogP contribution in [0.2, 0.25) is 0 Å². The van der Waals surface area contributed by atoms with E-state index in [0.717, 1.165) is 19.3 Å². The first kappa shape index (κ1) is 9.99. The molecule has 2 rings (SSSR count). The highest BCUT2D eigenvalue weighted by Crippen LogP contribution is 2.07. The van der Waals surface area contributed by atoms with Gasteiger partial charge in [0.2, 0.25) is 0 Å². The molecule has 0 unspecified atom stereocenters. The summed E-state index contributed by atoms with van der Waals surface area (Å²) in [6.45, 7) is 2.00. The van der Waals surface area contributed by atoms with Gasteiger partial charge in [-0.3, -0.25) is 0 Å². The standard InChI is InChI=1S/C6H5FO.C4H8O/c7-5-2-1-3-6(8)4-5;1-2-4-5-3-1/h1-4,8H;1-4H2. The second-order valence-corrected chi connectivity index (χ2v) is 2.80. The minimum absolute atomic E-state index is 0.0370. The summed E-state index contributed by atoms with van der Waals surface area (Å²) in [7, 11) is 0. The first-order chi connectivity index (χ1) is 6.29. The number of phenols is 1. The lowest BCUT2D eigenvalue weighted by molar-refractivity contribution is 0.198. The maximum atomic E-state index is 12.0. The molecule has 1 aliphatic heterocycles. The van der Waals surface area contributed by atoms with Crippen LogP contribution in [0.5, 0.6) is 5.75 Å². The van der Waals surface area contributed by atoms with Gasteiger partial charge in [-0.05, 0) is 25.0 Å². The minimum atomic E-state index is -0.412. The Morgan fingerprint density at radius 2 is 1.92 bits per heavy atom. The van der Waals surface area contributed by atoms with Crippen molar-refractivity contribution in [3.05, 3.63) is 30.1 Å². The summed E-state index contributed by atoms with van der Waals surface area (Å²) >= 11 is 0. The average Bonchev–Trinajstić information content (AvgIpc) is 2.59. The van der Waals surface area contributed by atoms with Gasteiger partial charge in [-0.25, -0.2) is 4.39 Å². The Morgan fingerprint density at radius 1 is 1.23 bits per heavy atom. The smallest absolute Gasteiger partial charge is 0.126 e. The van der Waals surface area contributed by atoms with Gasteiger partial charge < -0.3 is 9.84 Å². The Kier molecular flexibility index (Phi) is 4.26. The molecule has 1 heterocycles. The average molecular weight is 184 g/mol. The van der Waals surface area contributed by atoms with E-state index in [1.165, 1.54) is 31.0 Å². The predicted molar refractivity (Wildman–Crippen MR) is 48.1 cm³/mol. The summed E-state index contributed by atoms with van der Waals surface area (Å²) < 4.78 is 17.0. The Hall–Kier alpha value is -1.09. The van der Waals surface area contributed by atoms with Gasteiger partial charge in [0.1, 0.15) is 11.6 Å². The molecular weight excluding hydrogens is 171 g/mol. The molecule has 1 N–H and O–H groups in total. The van der Waals surface area contributed by atoms with E-state index in [9.17, 15) is 4.39 Å². The number of benzene rings is 1. The summed E-state index contributed by atoms with van der Waals surface area (Å²) in [6.07, 6.45) is 2.56. The van der Waals surface area contributed by atoms with E-state index in [1.807, 2.05) is 0 Å². The molecule has 0 aromatic heterocycles. The van der Waals surface area contributed by atoms with Crippen LogP contribution in [0.25, 0.3) is 0 Å². The van der Waals surface area contributed by atoms with Crippen molar-refractivity contribution in [3.63, 3.8) is 0 Å². The highest BCUT2D eigenvalue weighted by atomic mass is 19.1. The molecule has 1 fully saturated rings. The Balaban J connectivity index is 0.000000145. The van der Waals surface area contributed by atoms with Crippen LogP contribution in [0.1, 0.15) is 12.8 Å². The molecule has 0 atom stereocenters. The number of phenolic OH excluding ortho intramolecular Hbond substituents is 1. The van der Waals surface area contributed by atoms with Gasteiger partial charge in [0.15, 0.2) is 0 Å². The summed E-state index contributed by atoms with van der Waals surface area (Å²) in [5.41, 5.74) is 0. The van der Waals surface area contributed by atoms with Crippen molar-refractivity contribution >= 4 is 0 Å². The molecule has 2 nitrogen and oxygen atoms in total. The third kappa shape index (κ3) is 4.48. The van der Waals surface area contributed by atoms with E-state index in [1.54, 1.807) is 0 Å². The molecule has 0 aliphatic carbocycles. The number of ether oxygens (including phenoxy) is 1. The Morgan fingerprint density at radius 3 is 2.23 bits per heavy atom. The van der Waals surface area contributed by atoms with Gasteiger partial charge in [0, 0.05) is 19.3 Å².